The molecule has 0 aromatic heterocycles. The van der Waals surface area contributed by atoms with E-state index in [0.717, 1.165) is 180 Å². The summed E-state index contributed by atoms with van der Waals surface area (Å²) in [5.41, 5.74) is -0.715. The Morgan fingerprint density at radius 3 is 0.594 bits per heavy atom. The van der Waals surface area contributed by atoms with Crippen molar-refractivity contribution in [3.05, 3.63) is 0 Å². The number of hydrogen-bond donors (Lipinski definition) is 1. The van der Waals surface area contributed by atoms with E-state index in [0.29, 0.717) is 0 Å². The average Bonchev–Trinajstić information content (AvgIpc) is 4.09. The molecule has 11 fully saturated rings. The van der Waals surface area contributed by atoms with Gasteiger partial charge in [-0.25, -0.2) is 0 Å². The van der Waals surface area contributed by atoms with Crippen LogP contribution in [0.2, 0.25) is 91.2 Å². The smallest absolute Gasteiger partial charge is 0.416 e. The first kappa shape index (κ1) is 52.8. The molecule has 0 amide bonds. The van der Waals surface area contributed by atoms with Crippen LogP contribution in [0, 0.1) is 0 Å². The highest BCUT2D eigenvalue weighted by atomic mass is 28.6. The van der Waals surface area contributed by atoms with Crippen LogP contribution in [-0.2, 0) is 57.6 Å². The van der Waals surface area contributed by atoms with Gasteiger partial charge in [-0.15, -0.1) is 0 Å². The molecule has 0 spiro atoms. The van der Waals surface area contributed by atoms with Gasteiger partial charge in [0, 0.05) is 38.8 Å². The van der Waals surface area contributed by atoms with Crippen LogP contribution >= 0.6 is 0 Å². The van der Waals surface area contributed by atoms with Crippen LogP contribution in [0.4, 0.5) is 0 Å². The maximum Gasteiger partial charge on any atom is 0.486 e. The topological polar surface area (TPSA) is 149 Å². The van der Waals surface area contributed by atoms with E-state index in [9.17, 15) is 4.80 Å². The van der Waals surface area contributed by atoms with Crippen molar-refractivity contribution in [2.24, 2.45) is 0 Å². The van der Waals surface area contributed by atoms with E-state index in [1.807, 2.05) is 0 Å². The molecule has 7 aliphatic carbocycles. The van der Waals surface area contributed by atoms with Crippen molar-refractivity contribution in [1.29, 1.82) is 0 Å². The fourth-order valence-corrected chi connectivity index (χ4v) is 83.0. The third-order valence-corrected chi connectivity index (χ3v) is 67.5. The van der Waals surface area contributed by atoms with Gasteiger partial charge in [0.2, 0.25) is 0 Å². The highest BCUT2D eigenvalue weighted by molar-refractivity contribution is 7.02. The molecule has 26 heteroatoms. The van der Waals surface area contributed by atoms with Crippen LogP contribution < -0.4 is 0 Å². The Kier molecular flexibility index (Phi) is 14.8. The molecule has 1 N–H and O–H groups in total. The summed E-state index contributed by atoms with van der Waals surface area (Å²) < 4.78 is 115. The predicted molar refractivity (Wildman–Crippen MR) is 283 cm³/mol. The maximum atomic E-state index is 14.4. The van der Waals surface area contributed by atoms with Gasteiger partial charge >= 0.3 is 95.9 Å². The highest BCUT2D eigenvalue weighted by Gasteiger charge is 2.84. The van der Waals surface area contributed by atoms with Crippen molar-refractivity contribution in [3.8, 4) is 0 Å². The van der Waals surface area contributed by atoms with Crippen molar-refractivity contribution in [3.63, 3.8) is 0 Å². The van der Waals surface area contributed by atoms with Crippen molar-refractivity contribution < 1.29 is 62.4 Å². The molecule has 7 saturated carbocycles. The van der Waals surface area contributed by atoms with Crippen LogP contribution in [0.5, 0.6) is 0 Å². The summed E-state index contributed by atoms with van der Waals surface area (Å²) in [5.74, 6) is 0. The third kappa shape index (κ3) is 10.3. The molecule has 0 radical (unpaired) electrons. The zero-order valence-electron chi connectivity index (χ0n) is 43.5. The fourth-order valence-electron chi connectivity index (χ4n) is 15.4. The monoisotopic (exact) mass is 1150 g/mol. The quantitative estimate of drug-likeness (QED) is 0.241. The van der Waals surface area contributed by atoms with E-state index in [4.69, 9.17) is 57.6 Å². The summed E-state index contributed by atoms with van der Waals surface area (Å²) in [6, 6.07) is 0. The van der Waals surface area contributed by atoms with Crippen molar-refractivity contribution in [2.45, 2.75) is 271 Å². The van der Waals surface area contributed by atoms with Crippen LogP contribution in [0.3, 0.4) is 0 Å². The Bertz CT molecular complexity index is 1740. The van der Waals surface area contributed by atoms with Gasteiger partial charge < -0.3 is 62.4 Å². The lowest BCUT2D eigenvalue weighted by atomic mass is 10.4. The zero-order chi connectivity index (χ0) is 48.2. The van der Waals surface area contributed by atoms with Crippen molar-refractivity contribution in [1.82, 2.24) is 0 Å². The van der Waals surface area contributed by atoms with E-state index in [1.165, 1.54) is 0 Å². The first-order valence-electron chi connectivity index (χ1n) is 28.2. The summed E-state index contributed by atoms with van der Waals surface area (Å²) in [6.45, 7) is 17.2. The molecule has 394 valence electrons. The van der Waals surface area contributed by atoms with Gasteiger partial charge in [0.15, 0.2) is 0 Å². The summed E-state index contributed by atoms with van der Waals surface area (Å²) in [7, 11) is -42.1. The van der Waals surface area contributed by atoms with Crippen LogP contribution in [0.1, 0.15) is 180 Å². The minimum atomic E-state index is -4.39. The summed E-state index contributed by atoms with van der Waals surface area (Å²) in [5, 5.41) is 0. The van der Waals surface area contributed by atoms with Crippen LogP contribution in [-0.4, -0.2) is 101 Å². The first-order valence-corrected chi connectivity index (χ1v) is 52.1. The molecule has 4 aliphatic heterocycles. The molecule has 6 bridgehead atoms. The fraction of sp³-hybridized carbons (Fsp3) is 1.00. The molecule has 0 aromatic rings. The molecule has 0 aromatic carbocycles. The molecule has 11 aliphatic rings. The number of hydrogen-bond acceptors (Lipinski definition) is 15. The Hall–Kier alpha value is 1.79. The average molecular weight is 1150 g/mol. The normalized spacial score (nSPS) is 45.5. The van der Waals surface area contributed by atoms with Gasteiger partial charge in [-0.05, 0) is 142 Å². The second-order valence-electron chi connectivity index (χ2n) is 25.1. The Morgan fingerprint density at radius 2 is 0.377 bits per heavy atom. The molecule has 4 atom stereocenters. The Balaban J connectivity index is 1.26. The molecule has 4 heterocycles. The Labute approximate surface area is 426 Å². The summed E-state index contributed by atoms with van der Waals surface area (Å²) in [6.07, 6.45) is 26.7. The molecule has 4 saturated heterocycles. The zero-order valence-corrected chi connectivity index (χ0v) is 54.5. The van der Waals surface area contributed by atoms with Gasteiger partial charge in [-0.2, -0.15) is 0 Å². The molecular weight excluding hydrogens is 1070 g/mol. The number of rotatable bonds is 7. The lowest BCUT2D eigenvalue weighted by Crippen LogP contribution is -2.86. The highest BCUT2D eigenvalue weighted by Crippen LogP contribution is 2.63. The molecular formula is C43H88O15Si11. The van der Waals surface area contributed by atoms with Gasteiger partial charge in [-0.3, -0.25) is 0 Å². The van der Waals surface area contributed by atoms with E-state index in [-0.39, 0.29) is 38.8 Å². The molecule has 11 rings (SSSR count). The second-order valence-corrected chi connectivity index (χ2v) is 62.0. The van der Waals surface area contributed by atoms with Crippen LogP contribution in [0.25, 0.3) is 0 Å². The SMILES string of the molecule is C[Si]1(C)O[Si](C)(C)O[Si](C)(C)O[Si]2(C3CCCC3)O[Si]3(C4CCCC4)O[Si](O)(C4CCCC4)O[Si]4(C5CCCC5)O[Si](C5CCCC5)(O[Si](C)(C)O1)O[Si](C1CCCC1)(O2)O[Si](C1CCCC1)(O4)O3. The van der Waals surface area contributed by atoms with Crippen molar-refractivity contribution in [2.75, 3.05) is 0 Å². The number of fused-ring (bicyclic) bond motifs is 4. The minimum absolute atomic E-state index is 0.0500. The lowest BCUT2D eigenvalue weighted by molar-refractivity contribution is -0.00968. The standard InChI is InChI=1S/C43H88O15Si11/c1-59(2)45-60(3,4)47-62(7,8)49-65(39-27-13-14-28-39)53-67(41-31-17-18-32-41)51-63(44,37-23-9-10-24-37)50-66(40-29-15-16-30-40)52-64(38-25-11-12-26-38,48-61(5,6)46-59)54-68(55-65,42-33-19-20-34-42)58-69(56-66,57-67)43-35-21-22-36-43/h37-44H,9-36H2,1-8H3. The first-order chi connectivity index (χ1) is 32.6. The largest absolute Gasteiger partial charge is 0.486 e. The third-order valence-electron chi connectivity index (χ3n) is 17.8. The van der Waals surface area contributed by atoms with E-state index in [2.05, 4.69) is 52.4 Å². The minimum Gasteiger partial charge on any atom is -0.416 e. The van der Waals surface area contributed by atoms with Gasteiger partial charge in [0.25, 0.3) is 0 Å². The Morgan fingerprint density at radius 1 is 0.217 bits per heavy atom. The summed E-state index contributed by atoms with van der Waals surface area (Å²) in [4.78, 5) is 14.4. The van der Waals surface area contributed by atoms with Gasteiger partial charge in [0.1, 0.15) is 0 Å². The molecule has 69 heavy (non-hydrogen) atoms. The van der Waals surface area contributed by atoms with E-state index < -0.39 is 95.9 Å². The van der Waals surface area contributed by atoms with Gasteiger partial charge in [0.05, 0.1) is 0 Å². The predicted octanol–water partition coefficient (Wildman–Crippen LogP) is 12.3. The summed E-state index contributed by atoms with van der Waals surface area (Å²) >= 11 is 0. The van der Waals surface area contributed by atoms with Crippen molar-refractivity contribution >= 4 is 95.9 Å². The van der Waals surface area contributed by atoms with E-state index >= 15 is 0 Å². The molecule has 4 unspecified atom stereocenters. The molecule has 15 nitrogen and oxygen atoms in total. The second kappa shape index (κ2) is 19.3. The van der Waals surface area contributed by atoms with E-state index in [1.54, 1.807) is 0 Å². The maximum absolute atomic E-state index is 14.4. The lowest BCUT2D eigenvalue weighted by Gasteiger charge is -2.62. The van der Waals surface area contributed by atoms with Gasteiger partial charge in [-0.1, -0.05) is 89.9 Å². The van der Waals surface area contributed by atoms with Crippen LogP contribution in [0.15, 0.2) is 0 Å².